The molecule has 0 spiro atoms. The van der Waals surface area contributed by atoms with Gasteiger partial charge in [-0.05, 0) is 35.6 Å². The second-order valence-corrected chi connectivity index (χ2v) is 5.24. The highest BCUT2D eigenvalue weighted by Gasteiger charge is 2.63. The van der Waals surface area contributed by atoms with E-state index < -0.39 is 34.9 Å². The molecule has 0 radical (unpaired) electrons. The van der Waals surface area contributed by atoms with E-state index in [1.54, 1.807) is 13.8 Å². The molecule has 0 aliphatic heterocycles. The third-order valence-corrected chi connectivity index (χ3v) is 3.71. The summed E-state index contributed by atoms with van der Waals surface area (Å²) < 4.78 is 27.2. The normalized spacial score (nSPS) is 25.7. The zero-order chi connectivity index (χ0) is 13.0. The molecular weight excluding hydrogens is 226 g/mol. The van der Waals surface area contributed by atoms with E-state index in [1.807, 2.05) is 0 Å². The van der Waals surface area contributed by atoms with Crippen LogP contribution >= 0.6 is 0 Å². The number of hydrogen-bond donors (Lipinski definition) is 1. The molecule has 1 aromatic rings. The lowest BCUT2D eigenvalue weighted by atomic mass is 10.0. The van der Waals surface area contributed by atoms with Gasteiger partial charge in [0.15, 0.2) is 0 Å². The van der Waals surface area contributed by atoms with Crippen LogP contribution in [0.15, 0.2) is 12.1 Å². The lowest BCUT2D eigenvalue weighted by Crippen LogP contribution is -2.03. The Morgan fingerprint density at radius 1 is 1.29 bits per heavy atom. The Morgan fingerprint density at radius 2 is 1.88 bits per heavy atom. The summed E-state index contributed by atoms with van der Waals surface area (Å²) in [6.07, 6.45) is 0. The van der Waals surface area contributed by atoms with Crippen LogP contribution in [0.1, 0.15) is 30.9 Å². The minimum Gasteiger partial charge on any atom is -0.481 e. The van der Waals surface area contributed by atoms with Crippen LogP contribution in [0, 0.1) is 29.9 Å². The Hall–Kier alpha value is -1.45. The number of carbonyl (C=O) groups is 1. The number of carboxylic acids is 1. The van der Waals surface area contributed by atoms with Gasteiger partial charge in [0, 0.05) is 5.92 Å². The molecule has 1 saturated carbocycles. The van der Waals surface area contributed by atoms with Crippen LogP contribution in [0.4, 0.5) is 8.78 Å². The molecule has 4 heteroatoms. The maximum atomic E-state index is 13.7. The van der Waals surface area contributed by atoms with Gasteiger partial charge in [0.25, 0.3) is 0 Å². The van der Waals surface area contributed by atoms with Gasteiger partial charge in [-0.1, -0.05) is 13.8 Å². The van der Waals surface area contributed by atoms with Crippen LogP contribution in [0.5, 0.6) is 0 Å². The number of hydrogen-bond acceptors (Lipinski definition) is 1. The third kappa shape index (κ3) is 1.72. The molecule has 0 unspecified atom stereocenters. The van der Waals surface area contributed by atoms with Crippen LogP contribution in [-0.2, 0) is 4.79 Å². The van der Waals surface area contributed by atoms with E-state index in [-0.39, 0.29) is 11.1 Å². The number of carboxylic acid groups (broad SMARTS) is 1. The highest BCUT2D eigenvalue weighted by atomic mass is 19.1. The van der Waals surface area contributed by atoms with Gasteiger partial charge in [-0.25, -0.2) is 8.78 Å². The quantitative estimate of drug-likeness (QED) is 0.862. The first-order chi connectivity index (χ1) is 7.76. The van der Waals surface area contributed by atoms with Gasteiger partial charge in [0.2, 0.25) is 0 Å². The fourth-order valence-corrected chi connectivity index (χ4v) is 2.58. The Bertz CT molecular complexity index is 494. The summed E-state index contributed by atoms with van der Waals surface area (Å²) in [4.78, 5) is 11.0. The van der Waals surface area contributed by atoms with Crippen LogP contribution in [0.25, 0.3) is 0 Å². The van der Waals surface area contributed by atoms with Gasteiger partial charge in [0.05, 0.1) is 5.92 Å². The Kier molecular flexibility index (Phi) is 2.49. The zero-order valence-corrected chi connectivity index (χ0v) is 9.92. The second kappa shape index (κ2) is 3.52. The second-order valence-electron chi connectivity index (χ2n) is 5.24. The highest BCUT2D eigenvalue weighted by molar-refractivity contribution is 5.77. The molecule has 0 heterocycles. The summed E-state index contributed by atoms with van der Waals surface area (Å²) in [5.41, 5.74) is -0.115. The summed E-state index contributed by atoms with van der Waals surface area (Å²) in [5, 5.41) is 9.02. The maximum Gasteiger partial charge on any atom is 0.307 e. The van der Waals surface area contributed by atoms with Crippen molar-refractivity contribution in [2.75, 3.05) is 0 Å². The highest BCUT2D eigenvalue weighted by Crippen LogP contribution is 2.64. The number of aryl methyl sites for hydroxylation is 1. The van der Waals surface area contributed by atoms with Crippen LogP contribution in [0.3, 0.4) is 0 Å². The van der Waals surface area contributed by atoms with Gasteiger partial charge in [-0.3, -0.25) is 4.79 Å². The number of rotatable bonds is 2. The molecule has 1 N–H and O–H groups in total. The molecular formula is C13H14F2O2. The van der Waals surface area contributed by atoms with E-state index in [1.165, 1.54) is 6.92 Å². The lowest BCUT2D eigenvalue weighted by molar-refractivity contribution is -0.139. The molecule has 0 amide bonds. The van der Waals surface area contributed by atoms with Crippen molar-refractivity contribution in [1.82, 2.24) is 0 Å². The van der Waals surface area contributed by atoms with Crippen molar-refractivity contribution in [3.63, 3.8) is 0 Å². The largest absolute Gasteiger partial charge is 0.481 e. The molecule has 0 bridgehead atoms. The van der Waals surface area contributed by atoms with Crippen molar-refractivity contribution in [1.29, 1.82) is 0 Å². The standard InChI is InChI=1S/C13H14F2O2/c1-6-4-9(15)7(5-8(6)14)10-11(12(16)17)13(10,2)3/h4-5,10-11H,1-3H3,(H,16,17)/t10-,11+/m0/s1. The van der Waals surface area contributed by atoms with Crippen molar-refractivity contribution >= 4 is 5.97 Å². The van der Waals surface area contributed by atoms with Crippen molar-refractivity contribution in [2.45, 2.75) is 26.7 Å². The van der Waals surface area contributed by atoms with Gasteiger partial charge in [0.1, 0.15) is 11.6 Å². The first-order valence-corrected chi connectivity index (χ1v) is 5.45. The Balaban J connectivity index is 2.44. The summed E-state index contributed by atoms with van der Waals surface area (Å²) in [6, 6.07) is 2.25. The lowest BCUT2D eigenvalue weighted by Gasteiger charge is -2.06. The molecule has 17 heavy (non-hydrogen) atoms. The Labute approximate surface area is 98.3 Å². The molecule has 92 valence electrons. The summed E-state index contributed by atoms with van der Waals surface area (Å²) >= 11 is 0. The molecule has 0 aromatic heterocycles. The topological polar surface area (TPSA) is 37.3 Å². The van der Waals surface area contributed by atoms with Gasteiger partial charge < -0.3 is 5.11 Å². The minimum atomic E-state index is -0.958. The van der Waals surface area contributed by atoms with Crippen LogP contribution in [0.2, 0.25) is 0 Å². The fraction of sp³-hybridized carbons (Fsp3) is 0.462. The van der Waals surface area contributed by atoms with Crippen molar-refractivity contribution in [3.05, 3.63) is 34.9 Å². The SMILES string of the molecule is Cc1cc(F)c([C@H]2[C@H](C(=O)O)C2(C)C)cc1F. The first kappa shape index (κ1) is 12.0. The summed E-state index contributed by atoms with van der Waals surface area (Å²) in [5.74, 6) is -3.06. The van der Waals surface area contributed by atoms with Crippen LogP contribution in [-0.4, -0.2) is 11.1 Å². The molecule has 2 rings (SSSR count). The van der Waals surface area contributed by atoms with E-state index in [0.717, 1.165) is 12.1 Å². The number of benzene rings is 1. The summed E-state index contributed by atoms with van der Waals surface area (Å²) in [6.45, 7) is 5.00. The summed E-state index contributed by atoms with van der Waals surface area (Å²) in [7, 11) is 0. The van der Waals surface area contributed by atoms with E-state index in [9.17, 15) is 13.6 Å². The predicted molar refractivity (Wildman–Crippen MR) is 58.7 cm³/mol. The van der Waals surface area contributed by atoms with Crippen molar-refractivity contribution in [3.8, 4) is 0 Å². The molecule has 1 aliphatic carbocycles. The fourth-order valence-electron chi connectivity index (χ4n) is 2.58. The van der Waals surface area contributed by atoms with Gasteiger partial charge in [-0.2, -0.15) is 0 Å². The number of aliphatic carboxylic acids is 1. The van der Waals surface area contributed by atoms with E-state index in [4.69, 9.17) is 5.11 Å². The predicted octanol–water partition coefficient (Wildman–Crippen LogP) is 3.10. The van der Waals surface area contributed by atoms with Crippen molar-refractivity contribution < 1.29 is 18.7 Å². The van der Waals surface area contributed by atoms with Gasteiger partial charge in [-0.15, -0.1) is 0 Å². The zero-order valence-electron chi connectivity index (χ0n) is 9.92. The molecule has 0 saturated heterocycles. The third-order valence-electron chi connectivity index (χ3n) is 3.71. The Morgan fingerprint density at radius 3 is 2.35 bits per heavy atom. The smallest absolute Gasteiger partial charge is 0.307 e. The van der Waals surface area contributed by atoms with E-state index in [2.05, 4.69) is 0 Å². The van der Waals surface area contributed by atoms with E-state index >= 15 is 0 Å². The monoisotopic (exact) mass is 240 g/mol. The molecule has 2 nitrogen and oxygen atoms in total. The molecule has 1 fully saturated rings. The average Bonchev–Trinajstić information content (AvgIpc) is 2.75. The molecule has 1 aliphatic rings. The number of halogens is 2. The minimum absolute atomic E-state index is 0.172. The maximum absolute atomic E-state index is 13.7. The van der Waals surface area contributed by atoms with Crippen molar-refractivity contribution in [2.24, 2.45) is 11.3 Å². The van der Waals surface area contributed by atoms with E-state index in [0.29, 0.717) is 0 Å². The molecule has 1 aromatic carbocycles. The van der Waals surface area contributed by atoms with Gasteiger partial charge >= 0.3 is 5.97 Å². The molecule has 2 atom stereocenters. The van der Waals surface area contributed by atoms with Crippen LogP contribution < -0.4 is 0 Å². The first-order valence-electron chi connectivity index (χ1n) is 5.45. The average molecular weight is 240 g/mol.